The molecule has 0 aliphatic carbocycles. The predicted octanol–water partition coefficient (Wildman–Crippen LogP) is 3.34. The van der Waals surface area contributed by atoms with Gasteiger partial charge in [-0.2, -0.15) is 0 Å². The zero-order chi connectivity index (χ0) is 10.9. The van der Waals surface area contributed by atoms with Gasteiger partial charge in [0.05, 0.1) is 0 Å². The Morgan fingerprint density at radius 3 is 2.07 bits per heavy atom. The summed E-state index contributed by atoms with van der Waals surface area (Å²) >= 11 is 0. The maximum Gasteiger partial charge on any atom is 0.245 e. The third kappa shape index (κ3) is 1.61. The van der Waals surface area contributed by atoms with Crippen molar-refractivity contribution < 1.29 is 0 Å². The minimum atomic E-state index is -1.23. The van der Waals surface area contributed by atoms with Crippen LogP contribution in [0, 0.1) is 0 Å². The van der Waals surface area contributed by atoms with Crippen LogP contribution in [0.5, 0.6) is 0 Å². The van der Waals surface area contributed by atoms with E-state index in [2.05, 4.69) is 45.4 Å². The molecule has 0 saturated carbocycles. The maximum absolute atomic E-state index is 2.69. The standard InChI is InChI=1S/C11H24BNSi/c1-7-10-11(8-2)14(5,6)13(4)12(10)9-3/h7-9H2,1-6H3. The minimum absolute atomic E-state index is 0.747. The topological polar surface area (TPSA) is 3.24 Å². The van der Waals surface area contributed by atoms with Crippen LogP contribution < -0.4 is 0 Å². The van der Waals surface area contributed by atoms with Crippen molar-refractivity contribution in [3.63, 3.8) is 0 Å². The van der Waals surface area contributed by atoms with E-state index in [1.807, 2.05) is 5.20 Å². The highest BCUT2D eigenvalue weighted by Crippen LogP contribution is 2.36. The van der Waals surface area contributed by atoms with Gasteiger partial charge in [-0.1, -0.05) is 50.9 Å². The molecule has 0 unspecified atom stereocenters. The van der Waals surface area contributed by atoms with Gasteiger partial charge in [-0.25, -0.2) is 0 Å². The molecule has 1 rings (SSSR count). The fourth-order valence-electron chi connectivity index (χ4n) is 3.06. The van der Waals surface area contributed by atoms with Gasteiger partial charge in [0, 0.05) is 0 Å². The Kier molecular flexibility index (Phi) is 3.64. The molecule has 80 valence electrons. The van der Waals surface area contributed by atoms with Crippen LogP contribution in [0.25, 0.3) is 0 Å². The molecule has 0 N–H and O–H groups in total. The van der Waals surface area contributed by atoms with Crippen molar-refractivity contribution in [2.45, 2.75) is 53.0 Å². The summed E-state index contributed by atoms with van der Waals surface area (Å²) in [6, 6.07) is 0. The lowest BCUT2D eigenvalue weighted by Gasteiger charge is -2.32. The molecule has 0 aromatic rings. The Labute approximate surface area is 90.8 Å². The van der Waals surface area contributed by atoms with Gasteiger partial charge < -0.3 is 4.48 Å². The number of nitrogens with zero attached hydrogens (tertiary/aromatic N) is 1. The first-order chi connectivity index (χ1) is 6.50. The van der Waals surface area contributed by atoms with Gasteiger partial charge in [0.15, 0.2) is 0 Å². The van der Waals surface area contributed by atoms with Crippen molar-refractivity contribution in [2.24, 2.45) is 0 Å². The van der Waals surface area contributed by atoms with Crippen LogP contribution in [0.2, 0.25) is 19.4 Å². The van der Waals surface area contributed by atoms with Crippen LogP contribution in [0.15, 0.2) is 10.7 Å². The highest BCUT2D eigenvalue weighted by Gasteiger charge is 2.44. The number of rotatable bonds is 3. The Morgan fingerprint density at radius 2 is 1.71 bits per heavy atom. The minimum Gasteiger partial charge on any atom is -0.360 e. The van der Waals surface area contributed by atoms with Gasteiger partial charge in [0.25, 0.3) is 0 Å². The molecule has 14 heavy (non-hydrogen) atoms. The molecule has 0 aromatic heterocycles. The third-order valence-corrected chi connectivity index (χ3v) is 8.23. The van der Waals surface area contributed by atoms with E-state index in [0.29, 0.717) is 0 Å². The van der Waals surface area contributed by atoms with Crippen molar-refractivity contribution in [3.05, 3.63) is 10.7 Å². The summed E-state index contributed by atoms with van der Waals surface area (Å²) in [7, 11) is 1.10. The second kappa shape index (κ2) is 4.23. The average molecular weight is 209 g/mol. The van der Waals surface area contributed by atoms with E-state index in [1.54, 1.807) is 5.47 Å². The largest absolute Gasteiger partial charge is 0.360 e. The van der Waals surface area contributed by atoms with E-state index in [1.165, 1.54) is 19.2 Å². The number of allylic oxidation sites excluding steroid dienone is 2. The van der Waals surface area contributed by atoms with Crippen LogP contribution in [0.4, 0.5) is 0 Å². The first-order valence-electron chi connectivity index (χ1n) is 5.95. The molecule has 0 aromatic carbocycles. The molecule has 0 spiro atoms. The van der Waals surface area contributed by atoms with Crippen LogP contribution >= 0.6 is 0 Å². The van der Waals surface area contributed by atoms with E-state index >= 15 is 0 Å². The highest BCUT2D eigenvalue weighted by atomic mass is 28.3. The van der Waals surface area contributed by atoms with E-state index in [0.717, 1.165) is 6.85 Å². The molecule has 1 aliphatic heterocycles. The zero-order valence-electron chi connectivity index (χ0n) is 10.6. The second-order valence-electron chi connectivity index (χ2n) is 4.80. The fraction of sp³-hybridized carbons (Fsp3) is 0.818. The fourth-order valence-corrected chi connectivity index (χ4v) is 6.60. The van der Waals surface area contributed by atoms with Crippen LogP contribution in [-0.2, 0) is 0 Å². The molecule has 0 radical (unpaired) electrons. The van der Waals surface area contributed by atoms with Gasteiger partial charge in [-0.05, 0) is 19.9 Å². The number of hydrogen-bond donors (Lipinski definition) is 0. The second-order valence-corrected chi connectivity index (χ2v) is 9.23. The third-order valence-electron chi connectivity index (χ3n) is 4.00. The van der Waals surface area contributed by atoms with Gasteiger partial charge in [-0.3, -0.25) is 0 Å². The Bertz CT molecular complexity index is 248. The summed E-state index contributed by atoms with van der Waals surface area (Å²) in [6.07, 6.45) is 3.80. The summed E-state index contributed by atoms with van der Waals surface area (Å²) in [4.78, 5) is 0. The Morgan fingerprint density at radius 1 is 1.14 bits per heavy atom. The molecule has 1 nitrogen and oxygen atoms in total. The molecule has 1 aliphatic rings. The van der Waals surface area contributed by atoms with Crippen molar-refractivity contribution in [1.82, 2.24) is 4.48 Å². The molecular formula is C11H24BNSi. The van der Waals surface area contributed by atoms with E-state index in [9.17, 15) is 0 Å². The Balaban J connectivity index is 3.12. The summed E-state index contributed by atoms with van der Waals surface area (Å²) in [5, 5.41) is 1.81. The van der Waals surface area contributed by atoms with E-state index in [-0.39, 0.29) is 0 Å². The summed E-state index contributed by atoms with van der Waals surface area (Å²) in [5.74, 6) is 0. The van der Waals surface area contributed by atoms with Crippen LogP contribution in [0.3, 0.4) is 0 Å². The van der Waals surface area contributed by atoms with Gasteiger partial charge >= 0.3 is 0 Å². The van der Waals surface area contributed by atoms with Crippen molar-refractivity contribution in [2.75, 3.05) is 7.05 Å². The van der Waals surface area contributed by atoms with Gasteiger partial charge in [0.1, 0.15) is 8.24 Å². The summed E-state index contributed by atoms with van der Waals surface area (Å²) in [6.45, 7) is 12.7. The lowest BCUT2D eigenvalue weighted by molar-refractivity contribution is 0.786. The molecule has 0 bridgehead atoms. The van der Waals surface area contributed by atoms with E-state index < -0.39 is 8.24 Å². The average Bonchev–Trinajstić information content (AvgIpc) is 2.34. The lowest BCUT2D eigenvalue weighted by atomic mass is 9.52. The molecule has 0 atom stereocenters. The van der Waals surface area contributed by atoms with Crippen LogP contribution in [-0.4, -0.2) is 26.6 Å². The van der Waals surface area contributed by atoms with Crippen molar-refractivity contribution in [3.8, 4) is 0 Å². The number of hydrogen-bond acceptors (Lipinski definition) is 1. The SMILES string of the molecule is CCB1C(CC)=C(CC)[Si](C)(C)N1C. The molecular weight excluding hydrogens is 185 g/mol. The smallest absolute Gasteiger partial charge is 0.245 e. The predicted molar refractivity (Wildman–Crippen MR) is 69.1 cm³/mol. The Hall–Kier alpha value is -0.0182. The first kappa shape index (κ1) is 12.1. The maximum atomic E-state index is 2.69. The quantitative estimate of drug-likeness (QED) is 0.644. The van der Waals surface area contributed by atoms with E-state index in [4.69, 9.17) is 0 Å². The van der Waals surface area contributed by atoms with Gasteiger partial charge in [-0.15, -0.1) is 0 Å². The van der Waals surface area contributed by atoms with Gasteiger partial charge in [0.2, 0.25) is 6.85 Å². The monoisotopic (exact) mass is 209 g/mol. The highest BCUT2D eigenvalue weighted by molar-refractivity contribution is 6.95. The first-order valence-corrected chi connectivity index (χ1v) is 8.90. The molecule has 1 heterocycles. The zero-order valence-corrected chi connectivity index (χ0v) is 11.6. The molecule has 3 heteroatoms. The molecule has 0 amide bonds. The molecule has 0 saturated heterocycles. The summed E-state index contributed by atoms with van der Waals surface area (Å²) in [5.41, 5.74) is 1.76. The lowest BCUT2D eigenvalue weighted by Crippen LogP contribution is -2.49. The van der Waals surface area contributed by atoms with Crippen molar-refractivity contribution in [1.29, 1.82) is 0 Å². The van der Waals surface area contributed by atoms with Crippen molar-refractivity contribution >= 4 is 15.1 Å². The molecule has 0 fully saturated rings. The van der Waals surface area contributed by atoms with Crippen LogP contribution in [0.1, 0.15) is 33.6 Å². The normalized spacial score (nSPS) is 22.3. The summed E-state index contributed by atoms with van der Waals surface area (Å²) < 4.78 is 2.69.